The summed E-state index contributed by atoms with van der Waals surface area (Å²) in [7, 11) is 3.87. The highest BCUT2D eigenvalue weighted by molar-refractivity contribution is 5.87. The van der Waals surface area contributed by atoms with Crippen molar-refractivity contribution in [1.29, 1.82) is 5.26 Å². The van der Waals surface area contributed by atoms with E-state index in [9.17, 15) is 10.1 Å². The average Bonchev–Trinajstić information content (AvgIpc) is 3.46. The summed E-state index contributed by atoms with van der Waals surface area (Å²) >= 11 is 0. The fourth-order valence-electron chi connectivity index (χ4n) is 7.35. The summed E-state index contributed by atoms with van der Waals surface area (Å²) in [5.74, 6) is 1.68. The van der Waals surface area contributed by atoms with E-state index in [4.69, 9.17) is 19.4 Å². The van der Waals surface area contributed by atoms with Crippen LogP contribution in [-0.2, 0) is 24.1 Å². The quantitative estimate of drug-likeness (QED) is 0.432. The highest BCUT2D eigenvalue weighted by Crippen LogP contribution is 2.38. The number of ether oxygens (including phenoxy) is 2. The van der Waals surface area contributed by atoms with E-state index in [1.807, 2.05) is 0 Å². The lowest BCUT2D eigenvalue weighted by atomic mass is 9.88. The van der Waals surface area contributed by atoms with Crippen molar-refractivity contribution in [2.75, 3.05) is 63.3 Å². The smallest absolute Gasteiger partial charge is 0.318 e. The van der Waals surface area contributed by atoms with Crippen LogP contribution in [0.15, 0.2) is 30.9 Å². The molecule has 2 saturated heterocycles. The number of hydrogen-bond acceptors (Lipinski definition) is 9. The second-order valence-corrected chi connectivity index (χ2v) is 12.2. The summed E-state index contributed by atoms with van der Waals surface area (Å²) in [5.41, 5.74) is 4.88. The van der Waals surface area contributed by atoms with Gasteiger partial charge in [0.25, 0.3) is 0 Å². The van der Waals surface area contributed by atoms with Gasteiger partial charge in [-0.2, -0.15) is 15.2 Å². The lowest BCUT2D eigenvalue weighted by molar-refractivity contribution is -0.128. The molecule has 3 aliphatic heterocycles. The van der Waals surface area contributed by atoms with Gasteiger partial charge in [0.05, 0.1) is 31.3 Å². The molecule has 4 heterocycles. The Hall–Kier alpha value is -3.84. The number of aryl methyl sites for hydroxylation is 1. The first-order chi connectivity index (χ1) is 21.0. The Balaban J connectivity index is 1.29. The number of nitriles is 1. The zero-order valence-electron chi connectivity index (χ0n) is 25.5. The minimum absolute atomic E-state index is 0.128. The van der Waals surface area contributed by atoms with Gasteiger partial charge in [-0.15, -0.1) is 0 Å². The average molecular weight is 586 g/mol. The highest BCUT2D eigenvalue weighted by atomic mass is 16.5. The predicted octanol–water partition coefficient (Wildman–Crippen LogP) is 3.39. The summed E-state index contributed by atoms with van der Waals surface area (Å²) in [5, 5.41) is 9.54. The maximum Gasteiger partial charge on any atom is 0.318 e. The number of methoxy groups -OCH3 is 1. The number of anilines is 2. The number of nitrogens with zero attached hydrogens (tertiary/aromatic N) is 7. The number of hydrogen-bond donors (Lipinski definition) is 0. The van der Waals surface area contributed by atoms with Crippen LogP contribution in [0.5, 0.6) is 11.8 Å². The molecule has 43 heavy (non-hydrogen) atoms. The predicted molar refractivity (Wildman–Crippen MR) is 166 cm³/mol. The molecule has 1 aromatic heterocycles. The number of carbonyl (C=O) groups is 1. The first kappa shape index (κ1) is 29.2. The number of benzene rings is 1. The third kappa shape index (κ3) is 6.00. The van der Waals surface area contributed by atoms with Gasteiger partial charge in [-0.05, 0) is 82.0 Å². The molecule has 1 aromatic carbocycles. The van der Waals surface area contributed by atoms with Crippen molar-refractivity contribution in [2.45, 2.75) is 69.5 Å². The fourth-order valence-corrected chi connectivity index (χ4v) is 7.35. The Kier molecular flexibility index (Phi) is 8.70. The van der Waals surface area contributed by atoms with Gasteiger partial charge in [0, 0.05) is 55.9 Å². The second kappa shape index (κ2) is 12.8. The molecule has 0 radical (unpaired) electrons. The Morgan fingerprint density at radius 3 is 2.79 bits per heavy atom. The molecule has 0 spiro atoms. The molecule has 0 N–H and O–H groups in total. The lowest BCUT2D eigenvalue weighted by Gasteiger charge is -2.43. The SMILES string of the molecule is C=CC(=O)N1CCN(c2nc(OC[C@@H]3CCCN3C)nc3c2CCC(N2CCCc4cc(OC)ccc42)C3)C[C@@H]1CC#N. The Morgan fingerprint density at radius 2 is 2.02 bits per heavy atom. The van der Waals surface area contributed by atoms with Crippen molar-refractivity contribution >= 4 is 17.4 Å². The molecule has 2 fully saturated rings. The van der Waals surface area contributed by atoms with Crippen molar-refractivity contribution in [3.05, 3.63) is 47.7 Å². The normalized spacial score (nSPS) is 23.7. The molecule has 2 aromatic rings. The van der Waals surface area contributed by atoms with Gasteiger partial charge in [0.2, 0.25) is 5.91 Å². The van der Waals surface area contributed by atoms with Gasteiger partial charge >= 0.3 is 6.01 Å². The zero-order valence-corrected chi connectivity index (χ0v) is 25.5. The molecule has 0 bridgehead atoms. The molecule has 228 valence electrons. The fraction of sp³-hybridized carbons (Fsp3) is 0.576. The van der Waals surface area contributed by atoms with Crippen LogP contribution in [0.1, 0.15) is 48.9 Å². The van der Waals surface area contributed by atoms with Crippen LogP contribution in [0.2, 0.25) is 0 Å². The molecular weight excluding hydrogens is 542 g/mol. The zero-order chi connectivity index (χ0) is 29.9. The molecule has 10 heteroatoms. The Labute approximate surface area is 254 Å². The van der Waals surface area contributed by atoms with Crippen LogP contribution in [0, 0.1) is 11.3 Å². The first-order valence-electron chi connectivity index (χ1n) is 15.7. The summed E-state index contributed by atoms with van der Waals surface area (Å²) in [6.45, 7) is 8.06. The first-order valence-corrected chi connectivity index (χ1v) is 15.7. The van der Waals surface area contributed by atoms with E-state index in [0.29, 0.717) is 44.3 Å². The molecule has 0 saturated carbocycles. The maximum atomic E-state index is 12.5. The molecule has 6 rings (SSSR count). The summed E-state index contributed by atoms with van der Waals surface area (Å²) in [6, 6.07) is 9.64. The van der Waals surface area contributed by atoms with Gasteiger partial charge in [-0.3, -0.25) is 4.79 Å². The van der Waals surface area contributed by atoms with Gasteiger partial charge in [-0.1, -0.05) is 6.58 Å². The van der Waals surface area contributed by atoms with E-state index in [1.165, 1.54) is 29.3 Å². The largest absolute Gasteiger partial charge is 0.497 e. The van der Waals surface area contributed by atoms with E-state index in [0.717, 1.165) is 68.9 Å². The minimum Gasteiger partial charge on any atom is -0.497 e. The lowest BCUT2D eigenvalue weighted by Crippen LogP contribution is -2.55. The van der Waals surface area contributed by atoms with Gasteiger partial charge in [0.1, 0.15) is 18.2 Å². The van der Waals surface area contributed by atoms with Crippen molar-refractivity contribution in [3.8, 4) is 17.8 Å². The summed E-state index contributed by atoms with van der Waals surface area (Å²) in [4.78, 5) is 31.5. The van der Waals surface area contributed by atoms with Crippen LogP contribution < -0.4 is 19.3 Å². The summed E-state index contributed by atoms with van der Waals surface area (Å²) in [6.07, 6.45) is 8.80. The van der Waals surface area contributed by atoms with Gasteiger partial charge < -0.3 is 29.1 Å². The van der Waals surface area contributed by atoms with Gasteiger partial charge in [0.15, 0.2) is 0 Å². The Bertz CT molecular complexity index is 1390. The van der Waals surface area contributed by atoms with Crippen LogP contribution >= 0.6 is 0 Å². The van der Waals surface area contributed by atoms with Crippen molar-refractivity contribution in [1.82, 2.24) is 19.8 Å². The standard InChI is InChI=1S/C33H43N7O3/c1-4-31(41)40-18-17-38(21-25(40)13-14-34)32-28-11-9-24(39-16-5-7-23-19-27(42-3)10-12-30(23)39)20-29(28)35-33(36-32)43-22-26-8-6-15-37(26)2/h4,10,12,19,24-26H,1,5-9,11,13,15-18,20-22H2,2-3H3/t24?,25-,26-/m0/s1. The monoisotopic (exact) mass is 585 g/mol. The maximum absolute atomic E-state index is 12.5. The molecule has 1 unspecified atom stereocenters. The van der Waals surface area contributed by atoms with Crippen LogP contribution in [0.4, 0.5) is 11.5 Å². The number of likely N-dealkylation sites (tertiary alicyclic amines) is 1. The number of fused-ring (bicyclic) bond motifs is 2. The highest BCUT2D eigenvalue weighted by Gasteiger charge is 2.35. The number of rotatable bonds is 8. The number of aromatic nitrogens is 2. The van der Waals surface area contributed by atoms with E-state index in [2.05, 4.69) is 52.6 Å². The number of piperazine rings is 1. The van der Waals surface area contributed by atoms with Crippen LogP contribution in [-0.4, -0.2) is 97.3 Å². The van der Waals surface area contributed by atoms with Crippen molar-refractivity contribution in [2.24, 2.45) is 0 Å². The molecule has 3 atom stereocenters. The van der Waals surface area contributed by atoms with Crippen LogP contribution in [0.25, 0.3) is 0 Å². The van der Waals surface area contributed by atoms with Crippen molar-refractivity contribution in [3.63, 3.8) is 0 Å². The van der Waals surface area contributed by atoms with Crippen LogP contribution in [0.3, 0.4) is 0 Å². The number of amides is 1. The molecule has 10 nitrogen and oxygen atoms in total. The molecule has 1 amide bonds. The number of likely N-dealkylation sites (N-methyl/N-ethyl adjacent to an activating group) is 1. The summed E-state index contributed by atoms with van der Waals surface area (Å²) < 4.78 is 11.8. The minimum atomic E-state index is -0.218. The topological polar surface area (TPSA) is 98.1 Å². The van der Waals surface area contributed by atoms with E-state index < -0.39 is 0 Å². The third-order valence-electron chi connectivity index (χ3n) is 9.73. The third-order valence-corrected chi connectivity index (χ3v) is 9.73. The van der Waals surface area contributed by atoms with E-state index in [1.54, 1.807) is 12.0 Å². The van der Waals surface area contributed by atoms with Gasteiger partial charge in [-0.25, -0.2) is 0 Å². The number of carbonyl (C=O) groups excluding carboxylic acids is 1. The van der Waals surface area contributed by atoms with Crippen molar-refractivity contribution < 1.29 is 14.3 Å². The molecular formula is C33H43N7O3. The molecule has 4 aliphatic rings. The Morgan fingerprint density at radius 1 is 1.14 bits per heavy atom. The van der Waals surface area contributed by atoms with E-state index >= 15 is 0 Å². The second-order valence-electron chi connectivity index (χ2n) is 12.2. The molecule has 1 aliphatic carbocycles. The van der Waals surface area contributed by atoms with E-state index in [-0.39, 0.29) is 18.4 Å².